The Kier molecular flexibility index (Phi) is 5.10. The Morgan fingerprint density at radius 3 is 2.92 bits per heavy atom. The van der Waals surface area contributed by atoms with Crippen molar-refractivity contribution in [2.75, 3.05) is 31.7 Å². The third-order valence-electron chi connectivity index (χ3n) is 4.29. The predicted octanol–water partition coefficient (Wildman–Crippen LogP) is 1.28. The molecule has 1 aromatic carbocycles. The van der Waals surface area contributed by atoms with E-state index in [2.05, 4.69) is 44.7 Å². The van der Waals surface area contributed by atoms with Gasteiger partial charge in [-0.2, -0.15) is 0 Å². The number of fused-ring (bicyclic) bond motifs is 1. The molecule has 0 bridgehead atoms. The first kappa shape index (κ1) is 16.4. The van der Waals surface area contributed by atoms with E-state index in [9.17, 15) is 0 Å². The van der Waals surface area contributed by atoms with Crippen molar-refractivity contribution in [1.82, 2.24) is 20.1 Å². The molecule has 0 unspecified atom stereocenters. The number of nitrogens with one attached hydrogen (secondary N) is 1. The molecule has 2 heterocycles. The molecule has 0 aliphatic carbocycles. The molecule has 1 N–H and O–H groups in total. The van der Waals surface area contributed by atoms with Gasteiger partial charge in [0.15, 0.2) is 11.8 Å². The number of hydrogen-bond donors (Lipinski definition) is 1. The molecule has 0 saturated carbocycles. The van der Waals surface area contributed by atoms with Crippen molar-refractivity contribution in [2.45, 2.75) is 19.9 Å². The molecule has 7 heteroatoms. The number of para-hydroxylation sites is 1. The number of nitrogens with zero attached hydrogens (tertiary/aromatic N) is 5. The van der Waals surface area contributed by atoms with Crippen molar-refractivity contribution in [2.24, 2.45) is 12.0 Å². The molecule has 2 aromatic rings. The van der Waals surface area contributed by atoms with Crippen LogP contribution in [0.25, 0.3) is 0 Å². The summed E-state index contributed by atoms with van der Waals surface area (Å²) in [5, 5.41) is 11.7. The van der Waals surface area contributed by atoms with Crippen LogP contribution in [0.15, 0.2) is 29.3 Å². The second-order valence-corrected chi connectivity index (χ2v) is 5.81. The van der Waals surface area contributed by atoms with Gasteiger partial charge in [-0.05, 0) is 25.0 Å². The lowest BCUT2D eigenvalue weighted by atomic mass is 10.2. The first-order valence-corrected chi connectivity index (χ1v) is 8.18. The standard InChI is InChI=1S/C17H24N6O/c1-13-20-21-16(22(13)2)12-19-17(18-9-11-24-3)23-10-8-14-6-4-5-7-15(14)23/h4-7H,8-12H2,1-3H3,(H,18,19). The number of anilines is 1. The van der Waals surface area contributed by atoms with Gasteiger partial charge in [-0.3, -0.25) is 0 Å². The fourth-order valence-corrected chi connectivity index (χ4v) is 2.79. The smallest absolute Gasteiger partial charge is 0.199 e. The summed E-state index contributed by atoms with van der Waals surface area (Å²) in [6.45, 7) is 4.71. The molecular formula is C17H24N6O. The Hall–Kier alpha value is -2.41. The van der Waals surface area contributed by atoms with E-state index in [0.717, 1.165) is 30.6 Å². The van der Waals surface area contributed by atoms with Crippen LogP contribution < -0.4 is 10.2 Å². The molecule has 1 aromatic heterocycles. The van der Waals surface area contributed by atoms with Gasteiger partial charge in [0.25, 0.3) is 0 Å². The first-order chi connectivity index (χ1) is 11.7. The molecule has 128 valence electrons. The van der Waals surface area contributed by atoms with Crippen molar-refractivity contribution in [3.05, 3.63) is 41.5 Å². The highest BCUT2D eigenvalue weighted by atomic mass is 16.5. The van der Waals surface area contributed by atoms with E-state index in [4.69, 9.17) is 9.73 Å². The summed E-state index contributed by atoms with van der Waals surface area (Å²) < 4.78 is 7.11. The average Bonchev–Trinajstić information content (AvgIpc) is 3.16. The van der Waals surface area contributed by atoms with Crippen molar-refractivity contribution >= 4 is 11.6 Å². The summed E-state index contributed by atoms with van der Waals surface area (Å²) in [6.07, 6.45) is 1.03. The van der Waals surface area contributed by atoms with Crippen LogP contribution in [0.3, 0.4) is 0 Å². The molecule has 24 heavy (non-hydrogen) atoms. The Morgan fingerprint density at radius 2 is 2.17 bits per heavy atom. The molecule has 1 aliphatic heterocycles. The topological polar surface area (TPSA) is 67.6 Å². The van der Waals surface area contributed by atoms with Crippen LogP contribution in [-0.2, 0) is 24.8 Å². The van der Waals surface area contributed by atoms with Gasteiger partial charge in [0.2, 0.25) is 0 Å². The Morgan fingerprint density at radius 1 is 1.33 bits per heavy atom. The molecule has 0 fully saturated rings. The van der Waals surface area contributed by atoms with E-state index < -0.39 is 0 Å². The van der Waals surface area contributed by atoms with Crippen LogP contribution in [0, 0.1) is 6.92 Å². The largest absolute Gasteiger partial charge is 0.383 e. The molecular weight excluding hydrogens is 304 g/mol. The van der Waals surface area contributed by atoms with Gasteiger partial charge in [0, 0.05) is 32.9 Å². The number of aryl methyl sites for hydroxylation is 1. The molecule has 0 spiro atoms. The minimum absolute atomic E-state index is 0.491. The van der Waals surface area contributed by atoms with E-state index in [1.54, 1.807) is 7.11 Å². The number of hydrogen-bond acceptors (Lipinski definition) is 4. The van der Waals surface area contributed by atoms with Gasteiger partial charge in [0.05, 0.1) is 6.61 Å². The van der Waals surface area contributed by atoms with Crippen LogP contribution in [-0.4, -0.2) is 47.5 Å². The van der Waals surface area contributed by atoms with Gasteiger partial charge in [-0.1, -0.05) is 18.2 Å². The molecule has 0 saturated heterocycles. The average molecular weight is 328 g/mol. The predicted molar refractivity (Wildman–Crippen MR) is 94.2 cm³/mol. The van der Waals surface area contributed by atoms with Crippen LogP contribution in [0.2, 0.25) is 0 Å². The molecule has 1 aliphatic rings. The number of methoxy groups -OCH3 is 1. The highest BCUT2D eigenvalue weighted by molar-refractivity contribution is 5.97. The van der Waals surface area contributed by atoms with Gasteiger partial charge < -0.3 is 19.5 Å². The highest BCUT2D eigenvalue weighted by Crippen LogP contribution is 2.27. The summed E-state index contributed by atoms with van der Waals surface area (Å²) in [5.74, 6) is 2.60. The van der Waals surface area contributed by atoms with E-state index in [0.29, 0.717) is 19.7 Å². The Bertz CT molecular complexity index is 724. The number of benzene rings is 1. The number of guanidine groups is 1. The maximum Gasteiger partial charge on any atom is 0.199 e. The lowest BCUT2D eigenvalue weighted by Gasteiger charge is -2.22. The Labute approximate surface area is 142 Å². The number of ether oxygens (including phenoxy) is 1. The van der Waals surface area contributed by atoms with Gasteiger partial charge in [-0.25, -0.2) is 4.99 Å². The van der Waals surface area contributed by atoms with Crippen LogP contribution >= 0.6 is 0 Å². The van der Waals surface area contributed by atoms with E-state index in [-0.39, 0.29) is 0 Å². The molecule has 0 radical (unpaired) electrons. The molecule has 0 atom stereocenters. The first-order valence-electron chi connectivity index (χ1n) is 8.18. The van der Waals surface area contributed by atoms with E-state index in [1.807, 2.05) is 18.5 Å². The fourth-order valence-electron chi connectivity index (χ4n) is 2.79. The van der Waals surface area contributed by atoms with Crippen molar-refractivity contribution < 1.29 is 4.74 Å². The highest BCUT2D eigenvalue weighted by Gasteiger charge is 2.22. The lowest BCUT2D eigenvalue weighted by molar-refractivity contribution is 0.204. The number of aromatic nitrogens is 3. The van der Waals surface area contributed by atoms with Crippen LogP contribution in [0.5, 0.6) is 0 Å². The number of rotatable bonds is 5. The monoisotopic (exact) mass is 328 g/mol. The lowest BCUT2D eigenvalue weighted by Crippen LogP contribution is -2.42. The van der Waals surface area contributed by atoms with Gasteiger partial charge in [-0.15, -0.1) is 10.2 Å². The van der Waals surface area contributed by atoms with Crippen molar-refractivity contribution in [3.63, 3.8) is 0 Å². The van der Waals surface area contributed by atoms with Crippen molar-refractivity contribution in [3.8, 4) is 0 Å². The minimum Gasteiger partial charge on any atom is -0.383 e. The second-order valence-electron chi connectivity index (χ2n) is 5.81. The summed E-state index contributed by atoms with van der Waals surface area (Å²) in [5.41, 5.74) is 2.57. The summed E-state index contributed by atoms with van der Waals surface area (Å²) >= 11 is 0. The molecule has 7 nitrogen and oxygen atoms in total. The van der Waals surface area contributed by atoms with Crippen LogP contribution in [0.1, 0.15) is 17.2 Å². The fraction of sp³-hybridized carbons (Fsp3) is 0.471. The molecule has 3 rings (SSSR count). The summed E-state index contributed by atoms with van der Waals surface area (Å²) in [4.78, 5) is 7.00. The zero-order chi connectivity index (χ0) is 16.9. The second kappa shape index (κ2) is 7.44. The van der Waals surface area contributed by atoms with E-state index >= 15 is 0 Å². The maximum atomic E-state index is 5.15. The molecule has 0 amide bonds. The van der Waals surface area contributed by atoms with Gasteiger partial charge in [0.1, 0.15) is 12.4 Å². The zero-order valence-corrected chi connectivity index (χ0v) is 14.5. The minimum atomic E-state index is 0.491. The number of aliphatic imine (C=N–C) groups is 1. The summed E-state index contributed by atoms with van der Waals surface area (Å²) in [6, 6.07) is 8.46. The quantitative estimate of drug-likeness (QED) is 0.509. The Balaban J connectivity index is 1.81. The summed E-state index contributed by atoms with van der Waals surface area (Å²) in [7, 11) is 3.66. The van der Waals surface area contributed by atoms with Crippen LogP contribution in [0.4, 0.5) is 5.69 Å². The maximum absolute atomic E-state index is 5.15. The third kappa shape index (κ3) is 3.41. The zero-order valence-electron chi connectivity index (χ0n) is 14.5. The normalized spacial score (nSPS) is 14.1. The third-order valence-corrected chi connectivity index (χ3v) is 4.29. The van der Waals surface area contributed by atoms with E-state index in [1.165, 1.54) is 11.3 Å². The van der Waals surface area contributed by atoms with Crippen molar-refractivity contribution in [1.29, 1.82) is 0 Å². The SMILES string of the molecule is COCCNC(=NCc1nnc(C)n1C)N1CCc2ccccc21. The van der Waals surface area contributed by atoms with Gasteiger partial charge >= 0.3 is 0 Å².